The summed E-state index contributed by atoms with van der Waals surface area (Å²) in [4.78, 5) is 10.9. The van der Waals surface area contributed by atoms with Crippen molar-refractivity contribution in [3.8, 4) is 0 Å². The summed E-state index contributed by atoms with van der Waals surface area (Å²) in [5.74, 6) is -0.0900. The Bertz CT molecular complexity index is 504. The molecule has 0 saturated carbocycles. The van der Waals surface area contributed by atoms with Crippen LogP contribution >= 0.6 is 0 Å². The highest BCUT2D eigenvalue weighted by atomic mass is 16.5. The fraction of sp³-hybridized carbons (Fsp3) is 0.409. The number of esters is 1. The van der Waals surface area contributed by atoms with Gasteiger partial charge in [-0.25, -0.2) is 0 Å². The van der Waals surface area contributed by atoms with Crippen molar-refractivity contribution in [2.24, 2.45) is 0 Å². The maximum absolute atomic E-state index is 10.9. The molecular formula is C22H30O2. The molecule has 0 aromatic rings. The average molecular weight is 326 g/mol. The van der Waals surface area contributed by atoms with Crippen LogP contribution in [0.3, 0.4) is 0 Å². The van der Waals surface area contributed by atoms with Crippen LogP contribution in [0, 0.1) is 0 Å². The maximum Gasteiger partial charge on any atom is 0.306 e. The van der Waals surface area contributed by atoms with Crippen LogP contribution in [0.1, 0.15) is 51.9 Å². The highest BCUT2D eigenvalue weighted by Gasteiger charge is 2.19. The van der Waals surface area contributed by atoms with Crippen LogP contribution in [0.4, 0.5) is 0 Å². The molecule has 0 aromatic heterocycles. The van der Waals surface area contributed by atoms with Crippen LogP contribution < -0.4 is 0 Å². The van der Waals surface area contributed by atoms with Gasteiger partial charge in [0.25, 0.3) is 0 Å². The molecule has 24 heavy (non-hydrogen) atoms. The monoisotopic (exact) mass is 326 g/mol. The smallest absolute Gasteiger partial charge is 0.306 e. The second-order valence-corrected chi connectivity index (χ2v) is 5.64. The van der Waals surface area contributed by atoms with Gasteiger partial charge in [0.1, 0.15) is 6.10 Å². The summed E-state index contributed by atoms with van der Waals surface area (Å²) < 4.78 is 5.10. The number of carbonyl (C=O) groups is 1. The van der Waals surface area contributed by atoms with E-state index in [1.165, 1.54) is 0 Å². The van der Waals surface area contributed by atoms with Gasteiger partial charge in [-0.15, -0.1) is 0 Å². The zero-order valence-electron chi connectivity index (χ0n) is 14.8. The quantitative estimate of drug-likeness (QED) is 0.201. The first kappa shape index (κ1) is 20.0. The van der Waals surface area contributed by atoms with Crippen molar-refractivity contribution in [3.63, 3.8) is 0 Å². The lowest BCUT2D eigenvalue weighted by molar-refractivity contribution is -0.139. The van der Waals surface area contributed by atoms with Crippen LogP contribution in [0.5, 0.6) is 0 Å². The molecule has 0 aliphatic carbocycles. The van der Waals surface area contributed by atoms with Crippen molar-refractivity contribution in [2.75, 3.05) is 0 Å². The number of allylic oxidation sites excluding steroid dienone is 11. The Balaban J connectivity index is 2.00. The molecule has 0 spiro atoms. The molecule has 1 heterocycles. The average Bonchev–Trinajstić information content (AvgIpc) is 3.00. The predicted molar refractivity (Wildman–Crippen MR) is 103 cm³/mol. The van der Waals surface area contributed by atoms with Crippen molar-refractivity contribution in [1.29, 1.82) is 0 Å². The van der Waals surface area contributed by atoms with E-state index in [1.54, 1.807) is 0 Å². The van der Waals surface area contributed by atoms with Crippen LogP contribution in [0.2, 0.25) is 0 Å². The molecule has 1 atom stereocenters. The Morgan fingerprint density at radius 2 is 1.54 bits per heavy atom. The van der Waals surface area contributed by atoms with Crippen molar-refractivity contribution < 1.29 is 9.53 Å². The number of carbonyl (C=O) groups excluding carboxylic acids is 1. The zero-order valence-corrected chi connectivity index (χ0v) is 14.8. The molecule has 0 bridgehead atoms. The minimum absolute atomic E-state index is 0.0291. The fourth-order valence-electron chi connectivity index (χ4n) is 2.19. The number of hydrogen-bond donors (Lipinski definition) is 0. The van der Waals surface area contributed by atoms with E-state index in [9.17, 15) is 4.79 Å². The van der Waals surface area contributed by atoms with E-state index in [4.69, 9.17) is 4.74 Å². The van der Waals surface area contributed by atoms with Gasteiger partial charge in [-0.2, -0.15) is 0 Å². The highest BCUT2D eigenvalue weighted by Crippen LogP contribution is 2.14. The van der Waals surface area contributed by atoms with Gasteiger partial charge in [-0.05, 0) is 44.6 Å². The molecule has 2 heteroatoms. The minimum atomic E-state index is -0.0900. The Morgan fingerprint density at radius 1 is 0.875 bits per heavy atom. The SMILES string of the molecule is CC/C=C\CC/C=C/C=C\C/C=C\C/C=C\C=C\C1CCC(=O)O1. The summed E-state index contributed by atoms with van der Waals surface area (Å²) in [5, 5.41) is 0. The Hall–Kier alpha value is -2.09. The molecule has 1 saturated heterocycles. The van der Waals surface area contributed by atoms with Gasteiger partial charge in [0.15, 0.2) is 0 Å². The zero-order chi connectivity index (χ0) is 17.3. The highest BCUT2D eigenvalue weighted by molar-refractivity contribution is 5.71. The van der Waals surface area contributed by atoms with E-state index in [-0.39, 0.29) is 12.1 Å². The molecule has 1 aliphatic rings. The van der Waals surface area contributed by atoms with E-state index >= 15 is 0 Å². The van der Waals surface area contributed by atoms with Gasteiger partial charge < -0.3 is 4.74 Å². The largest absolute Gasteiger partial charge is 0.458 e. The predicted octanol–water partition coefficient (Wildman–Crippen LogP) is 6.00. The van der Waals surface area contributed by atoms with Gasteiger partial charge in [0.05, 0.1) is 0 Å². The van der Waals surface area contributed by atoms with E-state index in [2.05, 4.69) is 61.6 Å². The number of rotatable bonds is 11. The van der Waals surface area contributed by atoms with Crippen molar-refractivity contribution >= 4 is 5.97 Å². The molecule has 1 fully saturated rings. The van der Waals surface area contributed by atoms with E-state index in [0.29, 0.717) is 6.42 Å². The summed E-state index contributed by atoms with van der Waals surface area (Å²) >= 11 is 0. The Morgan fingerprint density at radius 3 is 2.21 bits per heavy atom. The van der Waals surface area contributed by atoms with Crippen LogP contribution in [-0.2, 0) is 9.53 Å². The maximum atomic E-state index is 10.9. The third-order valence-electron chi connectivity index (χ3n) is 3.49. The second-order valence-electron chi connectivity index (χ2n) is 5.64. The minimum Gasteiger partial charge on any atom is -0.458 e. The summed E-state index contributed by atoms with van der Waals surface area (Å²) in [6, 6.07) is 0. The molecule has 2 nitrogen and oxygen atoms in total. The lowest BCUT2D eigenvalue weighted by Crippen LogP contribution is -2.01. The molecule has 0 radical (unpaired) electrons. The molecule has 1 unspecified atom stereocenters. The number of hydrogen-bond acceptors (Lipinski definition) is 2. The number of unbranched alkanes of at least 4 members (excludes halogenated alkanes) is 1. The first-order valence-electron chi connectivity index (χ1n) is 8.97. The summed E-state index contributed by atoms with van der Waals surface area (Å²) in [7, 11) is 0. The molecule has 1 rings (SSSR count). The van der Waals surface area contributed by atoms with E-state index in [0.717, 1.165) is 38.5 Å². The molecule has 0 amide bonds. The summed E-state index contributed by atoms with van der Waals surface area (Å²) in [5.41, 5.74) is 0. The lowest BCUT2D eigenvalue weighted by Gasteiger charge is -1.99. The van der Waals surface area contributed by atoms with Crippen molar-refractivity contribution in [1.82, 2.24) is 0 Å². The fourth-order valence-corrected chi connectivity index (χ4v) is 2.19. The number of ether oxygens (including phenoxy) is 1. The normalized spacial score (nSPS) is 19.4. The van der Waals surface area contributed by atoms with E-state index in [1.807, 2.05) is 18.2 Å². The van der Waals surface area contributed by atoms with Crippen LogP contribution in [0.15, 0.2) is 72.9 Å². The van der Waals surface area contributed by atoms with Gasteiger partial charge in [-0.1, -0.05) is 73.8 Å². The first-order valence-corrected chi connectivity index (χ1v) is 8.97. The van der Waals surface area contributed by atoms with Crippen LogP contribution in [-0.4, -0.2) is 12.1 Å². The van der Waals surface area contributed by atoms with Gasteiger partial charge in [-0.3, -0.25) is 4.79 Å². The standard InChI is InChI=1S/C22H30O2/c1-2-3-4-5-6-7-8-9-10-11-12-13-14-15-16-17-18-21-19-20-22(23)24-21/h3-4,7-10,12-13,15-18,21H,2,5-6,11,14,19-20H2,1H3/b4-3-,8-7+,10-9-,13-12-,16-15-,18-17+. The molecular weight excluding hydrogens is 296 g/mol. The number of cyclic esters (lactones) is 1. The van der Waals surface area contributed by atoms with Crippen LogP contribution in [0.25, 0.3) is 0 Å². The lowest BCUT2D eigenvalue weighted by atomic mass is 10.2. The molecule has 130 valence electrons. The molecule has 0 aromatic carbocycles. The Kier molecular flexibility index (Phi) is 12.1. The van der Waals surface area contributed by atoms with Gasteiger partial charge in [0.2, 0.25) is 0 Å². The topological polar surface area (TPSA) is 26.3 Å². The summed E-state index contributed by atoms with van der Waals surface area (Å²) in [6.07, 6.45) is 31.9. The third kappa shape index (κ3) is 11.5. The van der Waals surface area contributed by atoms with Crippen molar-refractivity contribution in [2.45, 2.75) is 58.0 Å². The third-order valence-corrected chi connectivity index (χ3v) is 3.49. The van der Waals surface area contributed by atoms with Crippen molar-refractivity contribution in [3.05, 3.63) is 72.9 Å². The second kappa shape index (κ2) is 14.5. The van der Waals surface area contributed by atoms with Gasteiger partial charge >= 0.3 is 5.97 Å². The summed E-state index contributed by atoms with van der Waals surface area (Å²) in [6.45, 7) is 2.16. The first-order chi connectivity index (χ1) is 11.8. The van der Waals surface area contributed by atoms with Gasteiger partial charge in [0, 0.05) is 6.42 Å². The Labute approximate surface area is 147 Å². The van der Waals surface area contributed by atoms with E-state index < -0.39 is 0 Å². The molecule has 1 aliphatic heterocycles. The molecule has 0 N–H and O–H groups in total.